The molecule has 3 N–H and O–H groups in total. The zero-order valence-corrected chi connectivity index (χ0v) is 8.97. The van der Waals surface area contributed by atoms with E-state index in [0.29, 0.717) is 12.4 Å². The van der Waals surface area contributed by atoms with E-state index >= 15 is 0 Å². The summed E-state index contributed by atoms with van der Waals surface area (Å²) < 4.78 is 41.1. The van der Waals surface area contributed by atoms with Gasteiger partial charge in [0, 0.05) is 6.07 Å². The first kappa shape index (κ1) is 13.1. The number of amides is 1. The molecule has 0 aliphatic rings. The van der Waals surface area contributed by atoms with Crippen molar-refractivity contribution < 1.29 is 22.7 Å². The van der Waals surface area contributed by atoms with Crippen molar-refractivity contribution in [1.29, 1.82) is 0 Å². The lowest BCUT2D eigenvalue weighted by Gasteiger charge is -2.11. The summed E-state index contributed by atoms with van der Waals surface area (Å²) >= 11 is 0. The third-order valence-corrected chi connectivity index (χ3v) is 1.84. The number of nitrogen functional groups attached to an aromatic ring is 1. The van der Waals surface area contributed by atoms with Gasteiger partial charge in [0.25, 0.3) is 0 Å². The summed E-state index contributed by atoms with van der Waals surface area (Å²) in [4.78, 5) is 10.7. The second-order valence-electron chi connectivity index (χ2n) is 3.13. The lowest BCUT2D eigenvalue weighted by molar-refractivity contribution is -0.167. The van der Waals surface area contributed by atoms with Crippen LogP contribution < -0.4 is 15.8 Å². The standard InChI is InChI=1S/C10H11F3N2O2/c1-2-17-6-3-4-8(7(14)5-6)15-9(16)10(11,12)13/h3-5H,2,14H2,1H3,(H,15,16). The van der Waals surface area contributed by atoms with Gasteiger partial charge in [-0.05, 0) is 19.1 Å². The SMILES string of the molecule is CCOc1ccc(NC(=O)C(F)(F)F)c(N)c1. The fourth-order valence-corrected chi connectivity index (χ4v) is 1.10. The Hall–Kier alpha value is -1.92. The maximum Gasteiger partial charge on any atom is 0.471 e. The van der Waals surface area contributed by atoms with E-state index in [1.54, 1.807) is 12.2 Å². The fourth-order valence-electron chi connectivity index (χ4n) is 1.10. The minimum absolute atomic E-state index is 0.00792. The summed E-state index contributed by atoms with van der Waals surface area (Å²) in [5, 5.41) is 1.67. The minimum Gasteiger partial charge on any atom is -0.494 e. The second kappa shape index (κ2) is 4.94. The lowest BCUT2D eigenvalue weighted by Crippen LogP contribution is -2.30. The Morgan fingerprint density at radius 1 is 1.47 bits per heavy atom. The molecule has 94 valence electrons. The molecule has 0 aliphatic carbocycles. The van der Waals surface area contributed by atoms with Crippen LogP contribution >= 0.6 is 0 Å². The number of anilines is 2. The van der Waals surface area contributed by atoms with Gasteiger partial charge in [0.05, 0.1) is 18.0 Å². The number of alkyl halides is 3. The van der Waals surface area contributed by atoms with Crippen molar-refractivity contribution >= 4 is 17.3 Å². The predicted molar refractivity (Wildman–Crippen MR) is 56.7 cm³/mol. The first-order valence-corrected chi connectivity index (χ1v) is 4.75. The van der Waals surface area contributed by atoms with Gasteiger partial charge in [0.15, 0.2) is 0 Å². The molecule has 1 amide bonds. The van der Waals surface area contributed by atoms with Crippen molar-refractivity contribution in [2.45, 2.75) is 13.1 Å². The van der Waals surface area contributed by atoms with E-state index in [-0.39, 0.29) is 11.4 Å². The van der Waals surface area contributed by atoms with Gasteiger partial charge in [-0.2, -0.15) is 13.2 Å². The highest BCUT2D eigenvalue weighted by Crippen LogP contribution is 2.26. The van der Waals surface area contributed by atoms with Crippen molar-refractivity contribution in [2.24, 2.45) is 0 Å². The Balaban J connectivity index is 2.83. The van der Waals surface area contributed by atoms with Gasteiger partial charge >= 0.3 is 12.1 Å². The van der Waals surface area contributed by atoms with E-state index in [1.807, 2.05) is 0 Å². The number of carbonyl (C=O) groups is 1. The predicted octanol–water partition coefficient (Wildman–Crippen LogP) is 2.17. The summed E-state index contributed by atoms with van der Waals surface area (Å²) in [6.07, 6.45) is -4.94. The highest BCUT2D eigenvalue weighted by atomic mass is 19.4. The summed E-state index contributed by atoms with van der Waals surface area (Å²) in [5.41, 5.74) is 5.39. The molecule has 7 heteroatoms. The normalized spacial score (nSPS) is 11.1. The molecular formula is C10H11F3N2O2. The van der Waals surface area contributed by atoms with E-state index in [9.17, 15) is 18.0 Å². The topological polar surface area (TPSA) is 64.3 Å². The Labute approximate surface area is 95.6 Å². The molecule has 0 saturated carbocycles. The van der Waals surface area contributed by atoms with E-state index in [4.69, 9.17) is 10.5 Å². The number of hydrogen-bond donors (Lipinski definition) is 2. The maximum absolute atomic E-state index is 12.0. The summed E-state index contributed by atoms with van der Waals surface area (Å²) in [5.74, 6) is -1.64. The number of hydrogen-bond acceptors (Lipinski definition) is 3. The zero-order chi connectivity index (χ0) is 13.1. The van der Waals surface area contributed by atoms with Crippen LogP contribution in [-0.2, 0) is 4.79 Å². The van der Waals surface area contributed by atoms with Gasteiger partial charge in [-0.15, -0.1) is 0 Å². The van der Waals surface area contributed by atoms with Gasteiger partial charge in [-0.1, -0.05) is 0 Å². The molecule has 0 radical (unpaired) electrons. The third kappa shape index (κ3) is 3.54. The quantitative estimate of drug-likeness (QED) is 0.806. The van der Waals surface area contributed by atoms with Gasteiger partial charge < -0.3 is 15.8 Å². The van der Waals surface area contributed by atoms with Crippen LogP contribution in [0.3, 0.4) is 0 Å². The van der Waals surface area contributed by atoms with Crippen molar-refractivity contribution in [3.8, 4) is 5.75 Å². The summed E-state index contributed by atoms with van der Waals surface area (Å²) in [6.45, 7) is 2.17. The number of nitrogens with two attached hydrogens (primary N) is 1. The third-order valence-electron chi connectivity index (χ3n) is 1.84. The number of ether oxygens (including phenoxy) is 1. The van der Waals surface area contributed by atoms with Crippen molar-refractivity contribution in [3.63, 3.8) is 0 Å². The molecule has 0 fully saturated rings. The molecule has 0 unspecified atom stereocenters. The van der Waals surface area contributed by atoms with Crippen LogP contribution in [0.15, 0.2) is 18.2 Å². The average molecular weight is 248 g/mol. The Morgan fingerprint density at radius 2 is 2.12 bits per heavy atom. The Morgan fingerprint density at radius 3 is 2.59 bits per heavy atom. The second-order valence-corrected chi connectivity index (χ2v) is 3.13. The Kier molecular flexibility index (Phi) is 3.82. The van der Waals surface area contributed by atoms with Crippen LogP contribution in [0.5, 0.6) is 5.75 Å². The van der Waals surface area contributed by atoms with Crippen LogP contribution in [-0.4, -0.2) is 18.7 Å². The molecule has 0 aliphatic heterocycles. The summed E-state index contributed by atoms with van der Waals surface area (Å²) in [7, 11) is 0. The monoisotopic (exact) mass is 248 g/mol. The smallest absolute Gasteiger partial charge is 0.471 e. The molecule has 0 heterocycles. The van der Waals surface area contributed by atoms with Crippen LogP contribution in [0.4, 0.5) is 24.5 Å². The molecule has 17 heavy (non-hydrogen) atoms. The maximum atomic E-state index is 12.0. The van der Waals surface area contributed by atoms with Gasteiger partial charge in [0.2, 0.25) is 0 Å². The van der Waals surface area contributed by atoms with Gasteiger partial charge in [-0.3, -0.25) is 4.79 Å². The summed E-state index contributed by atoms with van der Waals surface area (Å²) in [6, 6.07) is 4.02. The fraction of sp³-hybridized carbons (Fsp3) is 0.300. The molecule has 1 aromatic carbocycles. The molecule has 4 nitrogen and oxygen atoms in total. The highest BCUT2D eigenvalue weighted by Gasteiger charge is 2.38. The van der Waals surface area contributed by atoms with E-state index in [2.05, 4.69) is 0 Å². The molecule has 0 saturated heterocycles. The lowest BCUT2D eigenvalue weighted by atomic mass is 10.2. The van der Waals surface area contributed by atoms with Crippen LogP contribution in [0.2, 0.25) is 0 Å². The van der Waals surface area contributed by atoms with Crippen molar-refractivity contribution in [2.75, 3.05) is 17.7 Å². The van der Waals surface area contributed by atoms with Crippen LogP contribution in [0.25, 0.3) is 0 Å². The largest absolute Gasteiger partial charge is 0.494 e. The number of carbonyl (C=O) groups excluding carboxylic acids is 1. The van der Waals surface area contributed by atoms with E-state index in [1.165, 1.54) is 18.2 Å². The number of benzene rings is 1. The highest BCUT2D eigenvalue weighted by molar-refractivity contribution is 5.97. The average Bonchev–Trinajstić information content (AvgIpc) is 2.21. The molecule has 1 aromatic rings. The zero-order valence-electron chi connectivity index (χ0n) is 8.97. The molecule has 0 spiro atoms. The Bertz CT molecular complexity index is 419. The molecule has 1 rings (SSSR count). The first-order valence-electron chi connectivity index (χ1n) is 4.75. The van der Waals surface area contributed by atoms with Crippen LogP contribution in [0.1, 0.15) is 6.92 Å². The minimum atomic E-state index is -4.94. The molecular weight excluding hydrogens is 237 g/mol. The number of rotatable bonds is 3. The van der Waals surface area contributed by atoms with E-state index in [0.717, 1.165) is 0 Å². The number of nitrogens with one attached hydrogen (secondary N) is 1. The molecule has 0 atom stereocenters. The van der Waals surface area contributed by atoms with Gasteiger partial charge in [0.1, 0.15) is 5.75 Å². The number of halogens is 3. The van der Waals surface area contributed by atoms with Crippen LogP contribution in [0, 0.1) is 0 Å². The first-order chi connectivity index (χ1) is 7.84. The van der Waals surface area contributed by atoms with E-state index < -0.39 is 12.1 Å². The molecule has 0 bridgehead atoms. The van der Waals surface area contributed by atoms with Gasteiger partial charge in [-0.25, -0.2) is 0 Å². The molecule has 0 aromatic heterocycles. The van der Waals surface area contributed by atoms with Crippen molar-refractivity contribution in [3.05, 3.63) is 18.2 Å². The van der Waals surface area contributed by atoms with Crippen molar-refractivity contribution in [1.82, 2.24) is 0 Å².